The minimum absolute atomic E-state index is 0.0311. The summed E-state index contributed by atoms with van der Waals surface area (Å²) in [7, 11) is 0. The van der Waals surface area contributed by atoms with E-state index in [0.29, 0.717) is 10.9 Å². The Labute approximate surface area is 145 Å². The SMILES string of the molecule is C=C/C(=N\c1cccc(C(F)(F)F)c1C)c1c[nH]c2c(F)c(F)ccc12. The number of aliphatic imine (C=N–C) groups is 1. The molecule has 1 aromatic heterocycles. The van der Waals surface area contributed by atoms with Gasteiger partial charge in [0.25, 0.3) is 0 Å². The smallest absolute Gasteiger partial charge is 0.358 e. The first-order valence-corrected chi connectivity index (χ1v) is 7.57. The Morgan fingerprint density at radius 3 is 2.54 bits per heavy atom. The van der Waals surface area contributed by atoms with E-state index >= 15 is 0 Å². The van der Waals surface area contributed by atoms with E-state index in [0.717, 1.165) is 12.1 Å². The molecule has 2 nitrogen and oxygen atoms in total. The number of rotatable bonds is 3. The monoisotopic (exact) mass is 364 g/mol. The van der Waals surface area contributed by atoms with Gasteiger partial charge < -0.3 is 4.98 Å². The van der Waals surface area contributed by atoms with E-state index in [1.54, 1.807) is 0 Å². The molecule has 0 aliphatic carbocycles. The molecule has 0 amide bonds. The largest absolute Gasteiger partial charge is 0.416 e. The van der Waals surface area contributed by atoms with Crippen molar-refractivity contribution in [3.05, 3.63) is 77.5 Å². The summed E-state index contributed by atoms with van der Waals surface area (Å²) in [5.41, 5.74) is -0.0945. The van der Waals surface area contributed by atoms with Crippen molar-refractivity contribution in [1.82, 2.24) is 4.98 Å². The van der Waals surface area contributed by atoms with Gasteiger partial charge in [-0.05, 0) is 42.8 Å². The average Bonchev–Trinajstić information content (AvgIpc) is 3.01. The standard InChI is InChI=1S/C19H13F5N2/c1-3-15(12-9-25-18-11(12)7-8-14(20)17(18)21)26-16-6-4-5-13(10(16)2)19(22,23)24/h3-9,25H,1H2,2H3/b26-15+. The number of fused-ring (bicyclic) bond motifs is 1. The molecule has 0 bridgehead atoms. The first-order valence-electron chi connectivity index (χ1n) is 7.57. The van der Waals surface area contributed by atoms with Gasteiger partial charge in [-0.15, -0.1) is 0 Å². The lowest BCUT2D eigenvalue weighted by atomic mass is 10.1. The van der Waals surface area contributed by atoms with Crippen molar-refractivity contribution in [2.45, 2.75) is 13.1 Å². The number of benzene rings is 2. The fraction of sp³-hybridized carbons (Fsp3) is 0.105. The number of H-pyrrole nitrogens is 1. The number of halogens is 5. The predicted octanol–water partition coefficient (Wildman–Crippen LogP) is 6.08. The van der Waals surface area contributed by atoms with Gasteiger partial charge in [-0.3, -0.25) is 0 Å². The molecule has 3 aromatic rings. The Morgan fingerprint density at radius 1 is 1.15 bits per heavy atom. The van der Waals surface area contributed by atoms with Crippen molar-refractivity contribution < 1.29 is 22.0 Å². The summed E-state index contributed by atoms with van der Waals surface area (Å²) in [5, 5.41) is 0.354. The van der Waals surface area contributed by atoms with Crippen molar-refractivity contribution in [3.8, 4) is 0 Å². The van der Waals surface area contributed by atoms with Gasteiger partial charge >= 0.3 is 6.18 Å². The van der Waals surface area contributed by atoms with Crippen LogP contribution in [-0.4, -0.2) is 10.7 Å². The zero-order valence-corrected chi connectivity index (χ0v) is 13.6. The second-order valence-corrected chi connectivity index (χ2v) is 5.63. The number of aromatic amines is 1. The summed E-state index contributed by atoms with van der Waals surface area (Å²) in [6.45, 7) is 4.95. The van der Waals surface area contributed by atoms with Gasteiger partial charge in [-0.2, -0.15) is 13.2 Å². The highest BCUT2D eigenvalue weighted by atomic mass is 19.4. The summed E-state index contributed by atoms with van der Waals surface area (Å²) < 4.78 is 66.4. The van der Waals surface area contributed by atoms with Crippen LogP contribution in [0.4, 0.5) is 27.6 Å². The van der Waals surface area contributed by atoms with E-state index < -0.39 is 23.4 Å². The molecule has 1 heterocycles. The maximum Gasteiger partial charge on any atom is 0.416 e. The molecular weight excluding hydrogens is 351 g/mol. The number of aromatic nitrogens is 1. The van der Waals surface area contributed by atoms with Crippen molar-refractivity contribution in [1.29, 1.82) is 0 Å². The molecule has 0 radical (unpaired) electrons. The lowest BCUT2D eigenvalue weighted by molar-refractivity contribution is -0.138. The molecule has 0 saturated heterocycles. The molecule has 26 heavy (non-hydrogen) atoms. The molecule has 0 fully saturated rings. The Kier molecular flexibility index (Phi) is 4.39. The maximum absolute atomic E-state index is 13.9. The lowest BCUT2D eigenvalue weighted by Crippen LogP contribution is -2.07. The predicted molar refractivity (Wildman–Crippen MR) is 90.8 cm³/mol. The number of allylic oxidation sites excluding steroid dienone is 1. The van der Waals surface area contributed by atoms with Crippen molar-refractivity contribution >= 4 is 22.3 Å². The van der Waals surface area contributed by atoms with Crippen molar-refractivity contribution in [2.24, 2.45) is 4.99 Å². The first-order chi connectivity index (χ1) is 12.2. The van der Waals surface area contributed by atoms with E-state index in [-0.39, 0.29) is 22.5 Å². The van der Waals surface area contributed by atoms with E-state index in [9.17, 15) is 22.0 Å². The summed E-state index contributed by atoms with van der Waals surface area (Å²) in [6, 6.07) is 6.04. The third-order valence-electron chi connectivity index (χ3n) is 4.07. The Bertz CT molecular complexity index is 1030. The van der Waals surface area contributed by atoms with Crippen LogP contribution < -0.4 is 0 Å². The molecule has 1 N–H and O–H groups in total. The van der Waals surface area contributed by atoms with Gasteiger partial charge in [-0.1, -0.05) is 12.6 Å². The number of nitrogens with one attached hydrogen (secondary N) is 1. The van der Waals surface area contributed by atoms with Crippen LogP contribution in [0.25, 0.3) is 10.9 Å². The molecule has 7 heteroatoms. The normalized spacial score (nSPS) is 12.6. The minimum Gasteiger partial charge on any atom is -0.358 e. The number of hydrogen-bond acceptors (Lipinski definition) is 1. The fourth-order valence-electron chi connectivity index (χ4n) is 2.75. The zero-order chi connectivity index (χ0) is 19.1. The zero-order valence-electron chi connectivity index (χ0n) is 13.6. The number of hydrogen-bond donors (Lipinski definition) is 1. The summed E-state index contributed by atoms with van der Waals surface area (Å²) >= 11 is 0. The molecule has 2 aromatic carbocycles. The minimum atomic E-state index is -4.49. The Balaban J connectivity index is 2.17. The van der Waals surface area contributed by atoms with Crippen LogP contribution in [0.5, 0.6) is 0 Å². The highest BCUT2D eigenvalue weighted by molar-refractivity contribution is 6.17. The maximum atomic E-state index is 13.9. The summed E-state index contributed by atoms with van der Waals surface area (Å²) in [4.78, 5) is 6.88. The highest BCUT2D eigenvalue weighted by Gasteiger charge is 2.32. The third kappa shape index (κ3) is 3.00. The topological polar surface area (TPSA) is 28.1 Å². The average molecular weight is 364 g/mol. The van der Waals surface area contributed by atoms with Crippen LogP contribution in [0, 0.1) is 18.6 Å². The van der Waals surface area contributed by atoms with Gasteiger partial charge in [0.1, 0.15) is 0 Å². The van der Waals surface area contributed by atoms with Crippen LogP contribution in [0.15, 0.2) is 54.2 Å². The van der Waals surface area contributed by atoms with E-state index in [2.05, 4.69) is 16.6 Å². The van der Waals surface area contributed by atoms with Crippen LogP contribution in [0.1, 0.15) is 16.7 Å². The molecule has 0 saturated carbocycles. The second-order valence-electron chi connectivity index (χ2n) is 5.63. The molecular formula is C19H13F5N2. The van der Waals surface area contributed by atoms with Gasteiger partial charge in [-0.25, -0.2) is 13.8 Å². The molecule has 0 unspecified atom stereocenters. The number of alkyl halides is 3. The molecule has 0 aliphatic rings. The van der Waals surface area contributed by atoms with Crippen LogP contribution in [0.3, 0.4) is 0 Å². The summed E-state index contributed by atoms with van der Waals surface area (Å²) in [6.07, 6.45) is -1.73. The summed E-state index contributed by atoms with van der Waals surface area (Å²) in [5.74, 6) is -2.04. The van der Waals surface area contributed by atoms with Crippen LogP contribution in [-0.2, 0) is 6.18 Å². The Hall–Kier alpha value is -2.96. The molecule has 0 atom stereocenters. The molecule has 0 aliphatic heterocycles. The van der Waals surface area contributed by atoms with Crippen molar-refractivity contribution in [2.75, 3.05) is 0 Å². The highest BCUT2D eigenvalue weighted by Crippen LogP contribution is 2.36. The van der Waals surface area contributed by atoms with Gasteiger partial charge in [0.05, 0.1) is 22.5 Å². The van der Waals surface area contributed by atoms with E-state index in [4.69, 9.17) is 0 Å². The Morgan fingerprint density at radius 2 is 1.88 bits per heavy atom. The molecule has 0 spiro atoms. The first kappa shape index (κ1) is 17.8. The van der Waals surface area contributed by atoms with Crippen molar-refractivity contribution in [3.63, 3.8) is 0 Å². The fourth-order valence-corrected chi connectivity index (χ4v) is 2.75. The third-order valence-corrected chi connectivity index (χ3v) is 4.07. The lowest BCUT2D eigenvalue weighted by Gasteiger charge is -2.12. The van der Waals surface area contributed by atoms with Crippen LogP contribution in [0.2, 0.25) is 0 Å². The van der Waals surface area contributed by atoms with Gasteiger partial charge in [0, 0.05) is 17.1 Å². The van der Waals surface area contributed by atoms with Gasteiger partial charge in [0.2, 0.25) is 0 Å². The van der Waals surface area contributed by atoms with E-state index in [1.165, 1.54) is 37.4 Å². The quantitative estimate of drug-likeness (QED) is 0.431. The van der Waals surface area contributed by atoms with E-state index in [1.807, 2.05) is 0 Å². The molecule has 3 rings (SSSR count). The molecule has 134 valence electrons. The second kappa shape index (κ2) is 6.40. The van der Waals surface area contributed by atoms with Crippen LogP contribution >= 0.6 is 0 Å². The number of nitrogens with zero attached hydrogens (tertiary/aromatic N) is 1. The van der Waals surface area contributed by atoms with Gasteiger partial charge in [0.15, 0.2) is 11.6 Å².